The zero-order chi connectivity index (χ0) is 16.4. The number of rotatable bonds is 3. The Labute approximate surface area is 146 Å². The molecule has 0 spiro atoms. The molecule has 0 saturated heterocycles. The Morgan fingerprint density at radius 1 is 1.04 bits per heavy atom. The van der Waals surface area contributed by atoms with Crippen LogP contribution in [0.3, 0.4) is 0 Å². The summed E-state index contributed by atoms with van der Waals surface area (Å²) in [5.41, 5.74) is 2.26. The van der Waals surface area contributed by atoms with Crippen molar-refractivity contribution in [1.29, 1.82) is 0 Å². The quantitative estimate of drug-likeness (QED) is 0.618. The number of anilines is 1. The Kier molecular flexibility index (Phi) is 4.61. The van der Waals surface area contributed by atoms with Gasteiger partial charge in [-0.2, -0.15) is 0 Å². The third-order valence-corrected chi connectivity index (χ3v) is 3.72. The van der Waals surface area contributed by atoms with E-state index in [9.17, 15) is 4.79 Å². The second-order valence-corrected chi connectivity index (χ2v) is 6.14. The Bertz CT molecular complexity index is 858. The monoisotopic (exact) mass is 368 g/mol. The number of hydrogen-bond acceptors (Lipinski definition) is 2. The van der Waals surface area contributed by atoms with Gasteiger partial charge in [-0.1, -0.05) is 34.8 Å². The van der Waals surface area contributed by atoms with E-state index in [2.05, 4.69) is 20.6 Å². The number of H-pyrrole nitrogens is 1. The lowest BCUT2D eigenvalue weighted by Crippen LogP contribution is -2.28. The summed E-state index contributed by atoms with van der Waals surface area (Å²) >= 11 is 17.7. The molecule has 0 aliphatic rings. The molecule has 0 fully saturated rings. The summed E-state index contributed by atoms with van der Waals surface area (Å²) in [5, 5.41) is 6.96. The maximum absolute atomic E-state index is 11.9. The number of carbonyl (C=O) groups is 1. The number of nitrogens with zero attached hydrogens (tertiary/aromatic N) is 1. The van der Waals surface area contributed by atoms with E-state index in [4.69, 9.17) is 34.8 Å². The van der Waals surface area contributed by atoms with Crippen molar-refractivity contribution in [2.45, 2.75) is 6.54 Å². The molecule has 23 heavy (non-hydrogen) atoms. The van der Waals surface area contributed by atoms with Gasteiger partial charge in [-0.05, 0) is 42.0 Å². The predicted octanol–water partition coefficient (Wildman–Crippen LogP) is 4.84. The fourth-order valence-corrected chi connectivity index (χ4v) is 2.83. The summed E-state index contributed by atoms with van der Waals surface area (Å²) in [4.78, 5) is 19.1. The van der Waals surface area contributed by atoms with Crippen LogP contribution in [0, 0.1) is 0 Å². The van der Waals surface area contributed by atoms with Crippen molar-refractivity contribution in [3.8, 4) is 0 Å². The Hall–Kier alpha value is -1.95. The van der Waals surface area contributed by atoms with Gasteiger partial charge in [0.15, 0.2) is 0 Å². The van der Waals surface area contributed by atoms with Gasteiger partial charge in [-0.15, -0.1) is 0 Å². The van der Waals surface area contributed by atoms with E-state index in [1.165, 1.54) is 0 Å². The molecule has 5 nitrogen and oxygen atoms in total. The Morgan fingerprint density at radius 3 is 2.52 bits per heavy atom. The van der Waals surface area contributed by atoms with Crippen molar-refractivity contribution in [3.63, 3.8) is 0 Å². The molecule has 3 rings (SSSR count). The normalized spacial score (nSPS) is 10.7. The van der Waals surface area contributed by atoms with Crippen molar-refractivity contribution in [3.05, 3.63) is 57.0 Å². The fraction of sp³-hybridized carbons (Fsp3) is 0.0667. The van der Waals surface area contributed by atoms with E-state index >= 15 is 0 Å². The SMILES string of the molecule is O=C(NCc1cc(Cl)cc(Cl)c1)Nc1nc2ccc(Cl)cc2[nH]1. The van der Waals surface area contributed by atoms with Gasteiger partial charge >= 0.3 is 6.03 Å². The second kappa shape index (κ2) is 6.66. The van der Waals surface area contributed by atoms with E-state index in [1.807, 2.05) is 0 Å². The van der Waals surface area contributed by atoms with Gasteiger partial charge < -0.3 is 10.3 Å². The molecule has 1 heterocycles. The van der Waals surface area contributed by atoms with Gasteiger partial charge in [0.2, 0.25) is 5.95 Å². The number of amides is 2. The minimum Gasteiger partial charge on any atom is -0.334 e. The molecule has 2 amide bonds. The standard InChI is InChI=1S/C15H11Cl3N4O/c16-9-1-2-12-13(6-9)21-14(20-12)22-15(23)19-7-8-3-10(17)5-11(18)4-8/h1-6H,7H2,(H3,19,20,21,22,23). The molecule has 3 aromatic rings. The number of carbonyl (C=O) groups excluding carboxylic acids is 1. The molecular weight excluding hydrogens is 359 g/mol. The minimum atomic E-state index is -0.397. The number of hydrogen-bond donors (Lipinski definition) is 3. The van der Waals surface area contributed by atoms with Gasteiger partial charge in [0.25, 0.3) is 0 Å². The molecule has 3 N–H and O–H groups in total. The maximum atomic E-state index is 11.9. The van der Waals surface area contributed by atoms with Crippen LogP contribution in [0.25, 0.3) is 11.0 Å². The summed E-state index contributed by atoms with van der Waals surface area (Å²) in [6, 6.07) is 9.94. The van der Waals surface area contributed by atoms with Crippen molar-refractivity contribution in [2.24, 2.45) is 0 Å². The topological polar surface area (TPSA) is 69.8 Å². The molecule has 8 heteroatoms. The van der Waals surface area contributed by atoms with Crippen LogP contribution in [0.2, 0.25) is 15.1 Å². The van der Waals surface area contributed by atoms with E-state index in [0.29, 0.717) is 26.5 Å². The van der Waals surface area contributed by atoms with Crippen LogP contribution in [0.5, 0.6) is 0 Å². The highest BCUT2D eigenvalue weighted by Gasteiger charge is 2.07. The summed E-state index contributed by atoms with van der Waals surface area (Å²) < 4.78 is 0. The second-order valence-electron chi connectivity index (χ2n) is 4.83. The van der Waals surface area contributed by atoms with Crippen LogP contribution in [-0.4, -0.2) is 16.0 Å². The average Bonchev–Trinajstić information content (AvgIpc) is 2.85. The molecule has 0 unspecified atom stereocenters. The van der Waals surface area contributed by atoms with Crippen LogP contribution in [0.4, 0.5) is 10.7 Å². The van der Waals surface area contributed by atoms with Crippen molar-refractivity contribution >= 4 is 57.8 Å². The highest BCUT2D eigenvalue weighted by Crippen LogP contribution is 2.20. The van der Waals surface area contributed by atoms with Crippen LogP contribution in [0.1, 0.15) is 5.56 Å². The molecule has 0 aliphatic carbocycles. The average molecular weight is 370 g/mol. The molecule has 0 atom stereocenters. The number of imidazole rings is 1. The summed E-state index contributed by atoms with van der Waals surface area (Å²) in [7, 11) is 0. The summed E-state index contributed by atoms with van der Waals surface area (Å²) in [6.45, 7) is 0.290. The first kappa shape index (κ1) is 15.9. The number of halogens is 3. The third kappa shape index (κ3) is 4.07. The molecule has 0 saturated carbocycles. The number of aromatic nitrogens is 2. The largest absolute Gasteiger partial charge is 0.334 e. The molecule has 0 bridgehead atoms. The first-order valence-corrected chi connectivity index (χ1v) is 7.78. The lowest BCUT2D eigenvalue weighted by molar-refractivity contribution is 0.251. The Balaban J connectivity index is 1.64. The van der Waals surface area contributed by atoms with Crippen LogP contribution in [0.15, 0.2) is 36.4 Å². The molecule has 118 valence electrons. The van der Waals surface area contributed by atoms with Gasteiger partial charge in [-0.25, -0.2) is 9.78 Å². The zero-order valence-electron chi connectivity index (χ0n) is 11.7. The molecule has 2 aromatic carbocycles. The number of aromatic amines is 1. The number of fused-ring (bicyclic) bond motifs is 1. The van der Waals surface area contributed by atoms with Crippen LogP contribution < -0.4 is 10.6 Å². The number of benzene rings is 2. The van der Waals surface area contributed by atoms with E-state index < -0.39 is 6.03 Å². The van der Waals surface area contributed by atoms with E-state index in [1.54, 1.807) is 36.4 Å². The highest BCUT2D eigenvalue weighted by molar-refractivity contribution is 6.34. The van der Waals surface area contributed by atoms with E-state index in [0.717, 1.165) is 11.1 Å². The highest BCUT2D eigenvalue weighted by atomic mass is 35.5. The lowest BCUT2D eigenvalue weighted by Gasteiger charge is -2.06. The van der Waals surface area contributed by atoms with Gasteiger partial charge in [-0.3, -0.25) is 5.32 Å². The summed E-state index contributed by atoms with van der Waals surface area (Å²) in [6.07, 6.45) is 0. The first-order valence-electron chi connectivity index (χ1n) is 6.65. The van der Waals surface area contributed by atoms with Gasteiger partial charge in [0.1, 0.15) is 0 Å². The van der Waals surface area contributed by atoms with Crippen molar-refractivity contribution < 1.29 is 4.79 Å². The number of nitrogens with one attached hydrogen (secondary N) is 3. The zero-order valence-corrected chi connectivity index (χ0v) is 13.9. The third-order valence-electron chi connectivity index (χ3n) is 3.05. The minimum absolute atomic E-state index is 0.290. The first-order chi connectivity index (χ1) is 11.0. The number of urea groups is 1. The van der Waals surface area contributed by atoms with Gasteiger partial charge in [0, 0.05) is 21.6 Å². The fourth-order valence-electron chi connectivity index (χ4n) is 2.09. The molecule has 1 aromatic heterocycles. The molecule has 0 aliphatic heterocycles. The van der Waals surface area contributed by atoms with Crippen LogP contribution >= 0.6 is 34.8 Å². The maximum Gasteiger partial charge on any atom is 0.321 e. The smallest absolute Gasteiger partial charge is 0.321 e. The molecule has 0 radical (unpaired) electrons. The van der Waals surface area contributed by atoms with E-state index in [-0.39, 0.29) is 6.54 Å². The Morgan fingerprint density at radius 2 is 1.78 bits per heavy atom. The van der Waals surface area contributed by atoms with Crippen molar-refractivity contribution in [2.75, 3.05) is 5.32 Å². The van der Waals surface area contributed by atoms with Crippen LogP contribution in [-0.2, 0) is 6.54 Å². The van der Waals surface area contributed by atoms with Gasteiger partial charge in [0.05, 0.1) is 11.0 Å². The lowest BCUT2D eigenvalue weighted by atomic mass is 10.2. The van der Waals surface area contributed by atoms with Crippen molar-refractivity contribution in [1.82, 2.24) is 15.3 Å². The predicted molar refractivity (Wildman–Crippen MR) is 93.4 cm³/mol. The summed E-state index contributed by atoms with van der Waals surface area (Å²) in [5.74, 6) is 0.337. The molecular formula is C15H11Cl3N4O.